The van der Waals surface area contributed by atoms with Crippen molar-refractivity contribution >= 4 is 58.3 Å². The van der Waals surface area contributed by atoms with Gasteiger partial charge in [0.15, 0.2) is 28.3 Å². The molecule has 3 aromatic heterocycles. The van der Waals surface area contributed by atoms with Crippen LogP contribution in [-0.2, 0) is 29.2 Å². The monoisotopic (exact) mass is 457 g/mol. The third-order valence-corrected chi connectivity index (χ3v) is 5.42. The summed E-state index contributed by atoms with van der Waals surface area (Å²) in [5.74, 6) is 1.52. The van der Waals surface area contributed by atoms with Gasteiger partial charge in [0, 0.05) is 23.8 Å². The van der Waals surface area contributed by atoms with Gasteiger partial charge in [0.2, 0.25) is 6.41 Å². The fourth-order valence-corrected chi connectivity index (χ4v) is 3.99. The lowest BCUT2D eigenvalue weighted by atomic mass is 10.3. The van der Waals surface area contributed by atoms with Gasteiger partial charge in [-0.3, -0.25) is 9.69 Å². The molecule has 0 saturated heterocycles. The van der Waals surface area contributed by atoms with E-state index >= 15 is 0 Å². The van der Waals surface area contributed by atoms with Gasteiger partial charge in [-0.05, 0) is 38.5 Å². The molecule has 168 valence electrons. The molecular weight excluding hydrogens is 434 g/mol. The highest BCUT2D eigenvalue weighted by atomic mass is 35.5. The number of aryl methyl sites for hydroxylation is 3. The number of rotatable bonds is 6. The van der Waals surface area contributed by atoms with Crippen molar-refractivity contribution in [3.8, 4) is 0 Å². The predicted octanol–water partition coefficient (Wildman–Crippen LogP) is 1.31. The SMILES string of the molecule is CCn1c(CN(C=O)c2nc3c(C)c[nH]c3nc2N)[n+](CC)c2ccc(Cl)cc21.O=C[O-]. The van der Waals surface area contributed by atoms with Crippen LogP contribution in [0.4, 0.5) is 11.6 Å². The molecule has 11 heteroatoms. The third-order valence-electron chi connectivity index (χ3n) is 5.19. The van der Waals surface area contributed by atoms with Gasteiger partial charge >= 0.3 is 0 Å². The molecule has 4 aromatic rings. The summed E-state index contributed by atoms with van der Waals surface area (Å²) in [6.07, 6.45) is 2.57. The Hall–Kier alpha value is -3.66. The number of benzene rings is 1. The second-order valence-electron chi connectivity index (χ2n) is 6.97. The molecular formula is C21H24ClN7O3. The number of imidazole rings is 1. The average Bonchev–Trinajstić information content (AvgIpc) is 3.27. The number of carboxylic acid groups (broad SMARTS) is 1. The second kappa shape index (κ2) is 9.65. The molecule has 0 unspecified atom stereocenters. The van der Waals surface area contributed by atoms with Gasteiger partial charge in [-0.15, -0.1) is 0 Å². The molecule has 0 saturated carbocycles. The van der Waals surface area contributed by atoms with Crippen molar-refractivity contribution in [2.45, 2.75) is 40.4 Å². The van der Waals surface area contributed by atoms with Crippen LogP contribution in [0, 0.1) is 6.92 Å². The Bertz CT molecular complexity index is 1280. The molecule has 0 atom stereocenters. The van der Waals surface area contributed by atoms with Gasteiger partial charge in [-0.25, -0.2) is 19.1 Å². The van der Waals surface area contributed by atoms with E-state index in [9.17, 15) is 4.79 Å². The van der Waals surface area contributed by atoms with E-state index in [1.54, 1.807) is 0 Å². The van der Waals surface area contributed by atoms with E-state index in [2.05, 4.69) is 37.9 Å². The van der Waals surface area contributed by atoms with Gasteiger partial charge in [0.25, 0.3) is 5.82 Å². The van der Waals surface area contributed by atoms with E-state index in [0.717, 1.165) is 41.9 Å². The molecule has 0 aliphatic heterocycles. The maximum Gasteiger partial charge on any atom is 0.277 e. The van der Waals surface area contributed by atoms with Crippen molar-refractivity contribution in [2.24, 2.45) is 0 Å². The molecule has 0 spiro atoms. The van der Waals surface area contributed by atoms with Crippen molar-refractivity contribution in [2.75, 3.05) is 10.6 Å². The number of anilines is 2. The highest BCUT2D eigenvalue weighted by Crippen LogP contribution is 2.26. The van der Waals surface area contributed by atoms with Crippen LogP contribution in [0.2, 0.25) is 5.02 Å². The zero-order chi connectivity index (χ0) is 23.4. The average molecular weight is 458 g/mol. The molecule has 32 heavy (non-hydrogen) atoms. The van der Waals surface area contributed by atoms with Crippen molar-refractivity contribution < 1.29 is 19.3 Å². The number of hydrogen-bond donors (Lipinski definition) is 2. The van der Waals surface area contributed by atoms with E-state index < -0.39 is 6.47 Å². The number of hydrogen-bond acceptors (Lipinski definition) is 6. The quantitative estimate of drug-likeness (QED) is 0.331. The minimum atomic E-state index is -0.500. The van der Waals surface area contributed by atoms with Crippen molar-refractivity contribution in [1.29, 1.82) is 0 Å². The van der Waals surface area contributed by atoms with Gasteiger partial charge in [-0.2, -0.15) is 0 Å². The van der Waals surface area contributed by atoms with Crippen LogP contribution in [0.3, 0.4) is 0 Å². The van der Waals surface area contributed by atoms with Crippen LogP contribution in [0.15, 0.2) is 24.4 Å². The lowest BCUT2D eigenvalue weighted by molar-refractivity contribution is -0.676. The number of nitrogens with two attached hydrogens (primary N) is 1. The Kier molecular flexibility index (Phi) is 6.94. The third kappa shape index (κ3) is 4.09. The number of H-pyrrole nitrogens is 1. The smallest absolute Gasteiger partial charge is 0.277 e. The Morgan fingerprint density at radius 2 is 2.03 bits per heavy atom. The molecule has 0 bridgehead atoms. The normalized spacial score (nSPS) is 10.8. The Morgan fingerprint density at radius 3 is 2.66 bits per heavy atom. The lowest BCUT2D eigenvalue weighted by Crippen LogP contribution is -2.40. The predicted molar refractivity (Wildman–Crippen MR) is 120 cm³/mol. The molecule has 0 aliphatic carbocycles. The first-order valence-corrected chi connectivity index (χ1v) is 10.4. The maximum atomic E-state index is 12.0. The number of fused-ring (bicyclic) bond motifs is 2. The first-order chi connectivity index (χ1) is 15.4. The van der Waals surface area contributed by atoms with Crippen LogP contribution >= 0.6 is 11.6 Å². The standard InChI is InChI=1S/C20H23ClN7O.CH2O2/c1-4-27-14-7-6-13(21)8-15(14)28(5-2)16(27)10-26(11-29)20-18(22)25-19-17(24-20)12(3)9-23-19;2-1-3/h6-9,11H,4-5,10H2,1-3H3,(H3,22,23,25);1H,(H,2,3)/q+1;/p-1. The van der Waals surface area contributed by atoms with E-state index in [-0.39, 0.29) is 5.82 Å². The van der Waals surface area contributed by atoms with Crippen LogP contribution in [0.25, 0.3) is 22.2 Å². The molecule has 0 radical (unpaired) electrons. The summed E-state index contributed by atoms with van der Waals surface area (Å²) in [6.45, 7) is 7.38. The van der Waals surface area contributed by atoms with E-state index in [0.29, 0.717) is 28.5 Å². The maximum absolute atomic E-state index is 12.0. The number of nitrogens with zero attached hydrogens (tertiary/aromatic N) is 5. The van der Waals surface area contributed by atoms with Crippen molar-refractivity contribution in [1.82, 2.24) is 19.5 Å². The fraction of sp³-hybridized carbons (Fsp3) is 0.286. The number of amides is 1. The Balaban J connectivity index is 0.000000913. The number of aromatic nitrogens is 5. The largest absolute Gasteiger partial charge is 0.554 e. The highest BCUT2D eigenvalue weighted by Gasteiger charge is 2.27. The molecule has 0 fully saturated rings. The first-order valence-electron chi connectivity index (χ1n) is 9.99. The summed E-state index contributed by atoms with van der Waals surface area (Å²) >= 11 is 6.23. The molecule has 3 heterocycles. The van der Waals surface area contributed by atoms with E-state index in [4.69, 9.17) is 27.2 Å². The molecule has 4 rings (SSSR count). The van der Waals surface area contributed by atoms with Gasteiger partial charge in [0.1, 0.15) is 12.1 Å². The first kappa shape index (κ1) is 23.0. The topological polar surface area (TPSA) is 137 Å². The fourth-order valence-electron chi connectivity index (χ4n) is 3.83. The Morgan fingerprint density at radius 1 is 1.31 bits per heavy atom. The van der Waals surface area contributed by atoms with Gasteiger partial charge in [-0.1, -0.05) is 11.6 Å². The second-order valence-corrected chi connectivity index (χ2v) is 7.41. The zero-order valence-electron chi connectivity index (χ0n) is 18.0. The van der Waals surface area contributed by atoms with Crippen LogP contribution in [-0.4, -0.2) is 32.4 Å². The summed E-state index contributed by atoms with van der Waals surface area (Å²) in [7, 11) is 0. The highest BCUT2D eigenvalue weighted by molar-refractivity contribution is 6.31. The minimum absolute atomic E-state index is 0.205. The number of nitrogen functional groups attached to an aromatic ring is 1. The number of aromatic amines is 1. The van der Waals surface area contributed by atoms with Crippen LogP contribution < -0.4 is 20.3 Å². The van der Waals surface area contributed by atoms with Gasteiger partial charge < -0.3 is 20.6 Å². The summed E-state index contributed by atoms with van der Waals surface area (Å²) in [5, 5.41) is 8.93. The van der Waals surface area contributed by atoms with Crippen molar-refractivity contribution in [3.05, 3.63) is 40.8 Å². The molecule has 10 nitrogen and oxygen atoms in total. The summed E-state index contributed by atoms with van der Waals surface area (Å²) in [6, 6.07) is 5.83. The number of carbonyl (C=O) groups is 2. The number of carbonyl (C=O) groups excluding carboxylic acids is 2. The molecule has 1 aromatic carbocycles. The van der Waals surface area contributed by atoms with Crippen LogP contribution in [0.1, 0.15) is 25.2 Å². The molecule has 0 aliphatic rings. The van der Waals surface area contributed by atoms with Crippen molar-refractivity contribution in [3.63, 3.8) is 0 Å². The van der Waals surface area contributed by atoms with Crippen LogP contribution in [0.5, 0.6) is 0 Å². The molecule has 3 N–H and O–H groups in total. The zero-order valence-corrected chi connectivity index (χ0v) is 18.8. The van der Waals surface area contributed by atoms with Gasteiger partial charge in [0.05, 0.1) is 13.1 Å². The summed E-state index contributed by atoms with van der Waals surface area (Å²) in [5.41, 5.74) is 10.5. The molecule has 1 amide bonds. The van der Waals surface area contributed by atoms with E-state index in [1.165, 1.54) is 4.90 Å². The summed E-state index contributed by atoms with van der Waals surface area (Å²) < 4.78 is 4.33. The minimum Gasteiger partial charge on any atom is -0.554 e. The number of halogens is 1. The number of nitrogens with one attached hydrogen (secondary N) is 1. The summed E-state index contributed by atoms with van der Waals surface area (Å²) in [4.78, 5) is 33.8. The van der Waals surface area contributed by atoms with E-state index in [1.807, 2.05) is 31.3 Å². The lowest BCUT2D eigenvalue weighted by Gasteiger charge is -2.17. The Labute approximate surface area is 189 Å².